The third-order valence-electron chi connectivity index (χ3n) is 7.92. The first-order chi connectivity index (χ1) is 16.4. The van der Waals surface area contributed by atoms with E-state index in [0.29, 0.717) is 41.7 Å². The molecule has 2 unspecified atom stereocenters. The van der Waals surface area contributed by atoms with Gasteiger partial charge in [0.1, 0.15) is 0 Å². The molecule has 5 rings (SSSR count). The van der Waals surface area contributed by atoms with E-state index in [1.807, 2.05) is 0 Å². The topological polar surface area (TPSA) is 137 Å². The van der Waals surface area contributed by atoms with Crippen molar-refractivity contribution in [2.24, 2.45) is 16.7 Å². The number of sulfonamides is 1. The van der Waals surface area contributed by atoms with Crippen LogP contribution in [0.2, 0.25) is 0 Å². The van der Waals surface area contributed by atoms with Gasteiger partial charge in [-0.3, -0.25) is 10.0 Å². The summed E-state index contributed by atoms with van der Waals surface area (Å²) in [6.07, 6.45) is 8.87. The molecule has 9 nitrogen and oxygen atoms in total. The Hall–Kier alpha value is -2.17. The monoisotopic (exact) mass is 506 g/mol. The first-order valence-corrected chi connectivity index (χ1v) is 14.0. The van der Waals surface area contributed by atoms with Crippen molar-refractivity contribution in [1.82, 2.24) is 15.5 Å². The van der Waals surface area contributed by atoms with Crippen molar-refractivity contribution >= 4 is 27.6 Å². The Labute approximate surface area is 207 Å². The number of amides is 3. The SMILES string of the molecule is CC12CC3CC(C)(C1)CC(NC(=O)Nc1ccc(S(=O)(=O)NCCCCCC(=O)NO)cc1)(C3)C2. The van der Waals surface area contributed by atoms with Gasteiger partial charge in [0, 0.05) is 24.2 Å². The molecule has 0 aliphatic heterocycles. The molecular formula is C25H38N4O5S. The van der Waals surface area contributed by atoms with Crippen LogP contribution in [-0.4, -0.2) is 37.6 Å². The van der Waals surface area contributed by atoms with Crippen molar-refractivity contribution < 1.29 is 23.2 Å². The van der Waals surface area contributed by atoms with Crippen molar-refractivity contribution in [3.05, 3.63) is 24.3 Å². The lowest BCUT2D eigenvalue weighted by Gasteiger charge is -2.65. The summed E-state index contributed by atoms with van der Waals surface area (Å²) >= 11 is 0. The molecule has 4 saturated carbocycles. The van der Waals surface area contributed by atoms with Crippen LogP contribution >= 0.6 is 0 Å². The number of hydroxylamine groups is 1. The number of unbranched alkanes of at least 4 members (excludes halogenated alkanes) is 2. The number of benzene rings is 1. The molecule has 5 N–H and O–H groups in total. The second-order valence-electron chi connectivity index (χ2n) is 11.8. The van der Waals surface area contributed by atoms with E-state index >= 15 is 0 Å². The molecular weight excluding hydrogens is 468 g/mol. The highest BCUT2D eigenvalue weighted by Crippen LogP contribution is 2.66. The summed E-state index contributed by atoms with van der Waals surface area (Å²) in [5.74, 6) is 0.230. The Morgan fingerprint density at radius 1 is 0.971 bits per heavy atom. The lowest BCUT2D eigenvalue weighted by Crippen LogP contribution is -2.65. The zero-order valence-electron chi connectivity index (χ0n) is 20.7. The summed E-state index contributed by atoms with van der Waals surface area (Å²) < 4.78 is 27.6. The van der Waals surface area contributed by atoms with Crippen LogP contribution in [0.1, 0.15) is 78.1 Å². The molecule has 35 heavy (non-hydrogen) atoms. The summed E-state index contributed by atoms with van der Waals surface area (Å²) in [6, 6.07) is 5.93. The number of hydrogen-bond donors (Lipinski definition) is 5. The third kappa shape index (κ3) is 6.16. The quantitative estimate of drug-likeness (QED) is 0.186. The first kappa shape index (κ1) is 25.9. The van der Waals surface area contributed by atoms with Crippen LogP contribution in [0.4, 0.5) is 10.5 Å². The molecule has 2 atom stereocenters. The summed E-state index contributed by atoms with van der Waals surface area (Å²) in [7, 11) is -3.66. The van der Waals surface area contributed by atoms with E-state index in [-0.39, 0.29) is 29.4 Å². The number of carbonyl (C=O) groups excluding carboxylic acids is 2. The molecule has 1 aromatic rings. The number of hydrogen-bond acceptors (Lipinski definition) is 5. The lowest BCUT2D eigenvalue weighted by atomic mass is 9.43. The predicted octanol–water partition coefficient (Wildman–Crippen LogP) is 3.90. The lowest BCUT2D eigenvalue weighted by molar-refractivity contribution is -0.129. The van der Waals surface area contributed by atoms with E-state index in [9.17, 15) is 18.0 Å². The van der Waals surface area contributed by atoms with Gasteiger partial charge in [0.2, 0.25) is 15.9 Å². The number of urea groups is 1. The minimum atomic E-state index is -3.66. The fraction of sp³-hybridized carbons (Fsp3) is 0.680. The van der Waals surface area contributed by atoms with Crippen LogP contribution in [0.3, 0.4) is 0 Å². The molecule has 0 spiro atoms. The smallest absolute Gasteiger partial charge is 0.319 e. The number of carbonyl (C=O) groups is 2. The van der Waals surface area contributed by atoms with Gasteiger partial charge in [-0.2, -0.15) is 0 Å². The fourth-order valence-corrected chi connectivity index (χ4v) is 8.71. The van der Waals surface area contributed by atoms with Crippen LogP contribution in [0.15, 0.2) is 29.2 Å². The standard InChI is InChI=1S/C25H38N4O5S/c1-23-12-18-13-24(2,15-23)17-25(14-18,16-23)28-22(31)27-19-7-9-20(10-8-19)35(33,34)26-11-5-3-4-6-21(30)29-32/h7-10,18,26,32H,3-6,11-17H2,1-2H3,(H,29,30)(H2,27,28,31). The van der Waals surface area contributed by atoms with Crippen LogP contribution < -0.4 is 20.8 Å². The molecule has 1 aromatic carbocycles. The minimum Gasteiger partial charge on any atom is -0.332 e. The summed E-state index contributed by atoms with van der Waals surface area (Å²) in [4.78, 5) is 24.0. The second-order valence-corrected chi connectivity index (χ2v) is 13.5. The van der Waals surface area contributed by atoms with E-state index < -0.39 is 15.9 Å². The minimum absolute atomic E-state index is 0.130. The maximum atomic E-state index is 12.9. The molecule has 0 saturated heterocycles. The van der Waals surface area contributed by atoms with Gasteiger partial charge >= 0.3 is 6.03 Å². The average molecular weight is 507 g/mol. The van der Waals surface area contributed by atoms with Crippen molar-refractivity contribution in [2.45, 2.75) is 88.5 Å². The van der Waals surface area contributed by atoms with E-state index in [4.69, 9.17) is 5.21 Å². The van der Waals surface area contributed by atoms with Gasteiger partial charge in [-0.1, -0.05) is 20.3 Å². The van der Waals surface area contributed by atoms with Gasteiger partial charge in [0.05, 0.1) is 4.90 Å². The molecule has 4 fully saturated rings. The Bertz CT molecular complexity index is 1040. The van der Waals surface area contributed by atoms with Crippen LogP contribution in [-0.2, 0) is 14.8 Å². The van der Waals surface area contributed by atoms with Gasteiger partial charge in [0.25, 0.3) is 0 Å². The molecule has 0 aromatic heterocycles. The van der Waals surface area contributed by atoms with Gasteiger partial charge in [-0.25, -0.2) is 23.4 Å². The van der Waals surface area contributed by atoms with Crippen molar-refractivity contribution in [3.8, 4) is 0 Å². The van der Waals surface area contributed by atoms with Crippen molar-refractivity contribution in [1.29, 1.82) is 0 Å². The van der Waals surface area contributed by atoms with Crippen LogP contribution in [0.5, 0.6) is 0 Å². The summed E-state index contributed by atoms with van der Waals surface area (Å²) in [6.45, 7) is 4.99. The van der Waals surface area contributed by atoms with E-state index in [1.165, 1.54) is 31.4 Å². The highest BCUT2D eigenvalue weighted by Gasteiger charge is 2.60. The van der Waals surface area contributed by atoms with E-state index in [2.05, 4.69) is 29.2 Å². The largest absolute Gasteiger partial charge is 0.332 e. The Morgan fingerprint density at radius 2 is 1.63 bits per heavy atom. The molecule has 4 bridgehead atoms. The number of anilines is 1. The van der Waals surface area contributed by atoms with Gasteiger partial charge in [-0.05, 0) is 92.4 Å². The van der Waals surface area contributed by atoms with Crippen molar-refractivity contribution in [3.63, 3.8) is 0 Å². The highest BCUT2D eigenvalue weighted by molar-refractivity contribution is 7.89. The van der Waals surface area contributed by atoms with Crippen molar-refractivity contribution in [2.75, 3.05) is 11.9 Å². The zero-order valence-corrected chi connectivity index (χ0v) is 21.5. The summed E-state index contributed by atoms with van der Waals surface area (Å²) in [5.41, 5.74) is 2.58. The number of nitrogens with one attached hydrogen (secondary N) is 4. The second kappa shape index (κ2) is 9.71. The molecule has 4 aliphatic rings. The molecule has 0 radical (unpaired) electrons. The van der Waals surface area contributed by atoms with E-state index in [1.54, 1.807) is 17.6 Å². The van der Waals surface area contributed by atoms with Crippen LogP contribution in [0.25, 0.3) is 0 Å². The normalized spacial score (nSPS) is 31.2. The first-order valence-electron chi connectivity index (χ1n) is 12.6. The summed E-state index contributed by atoms with van der Waals surface area (Å²) in [5, 5.41) is 14.6. The number of rotatable bonds is 10. The van der Waals surface area contributed by atoms with Gasteiger partial charge < -0.3 is 10.6 Å². The van der Waals surface area contributed by atoms with Gasteiger partial charge in [0.15, 0.2) is 0 Å². The van der Waals surface area contributed by atoms with Crippen LogP contribution in [0, 0.1) is 16.7 Å². The molecule has 4 aliphatic carbocycles. The fourth-order valence-electron chi connectivity index (χ4n) is 7.64. The Kier molecular flexibility index (Phi) is 7.19. The molecule has 10 heteroatoms. The predicted molar refractivity (Wildman–Crippen MR) is 132 cm³/mol. The van der Waals surface area contributed by atoms with Gasteiger partial charge in [-0.15, -0.1) is 0 Å². The highest BCUT2D eigenvalue weighted by atomic mass is 32.2. The maximum absolute atomic E-state index is 12.9. The zero-order chi connectivity index (χ0) is 25.3. The average Bonchev–Trinajstić information content (AvgIpc) is 2.73. The maximum Gasteiger partial charge on any atom is 0.319 e. The van der Waals surface area contributed by atoms with E-state index in [0.717, 1.165) is 19.3 Å². The molecule has 0 heterocycles. The molecule has 3 amide bonds. The molecule has 194 valence electrons. The Balaban J connectivity index is 1.27. The third-order valence-corrected chi connectivity index (χ3v) is 9.40. The Morgan fingerprint density at radius 3 is 2.23 bits per heavy atom.